The summed E-state index contributed by atoms with van der Waals surface area (Å²) in [5.74, 6) is 1.51. The van der Waals surface area contributed by atoms with Gasteiger partial charge in [0.05, 0.1) is 12.8 Å². The predicted molar refractivity (Wildman–Crippen MR) is 79.4 cm³/mol. The summed E-state index contributed by atoms with van der Waals surface area (Å²) in [6, 6.07) is 17.0. The highest BCUT2D eigenvalue weighted by molar-refractivity contribution is 5.56. The molecule has 1 unspecified atom stereocenters. The molecule has 4 heteroatoms. The molecule has 2 N–H and O–H groups in total. The average Bonchev–Trinajstić information content (AvgIpc) is 2.52. The number of aliphatic hydroxyl groups is 1. The molecule has 2 rings (SSSR count). The minimum absolute atomic E-state index is 0.242. The predicted octanol–water partition coefficient (Wildman–Crippen LogP) is 2.55. The summed E-state index contributed by atoms with van der Waals surface area (Å²) in [7, 11) is 1.62. The van der Waals surface area contributed by atoms with Crippen LogP contribution < -0.4 is 14.8 Å². The summed E-state index contributed by atoms with van der Waals surface area (Å²) >= 11 is 0. The molecule has 2 aromatic rings. The van der Waals surface area contributed by atoms with Gasteiger partial charge < -0.3 is 19.9 Å². The van der Waals surface area contributed by atoms with E-state index in [0.717, 1.165) is 17.2 Å². The van der Waals surface area contributed by atoms with Gasteiger partial charge in [0.15, 0.2) is 0 Å². The third-order valence-electron chi connectivity index (χ3n) is 2.82. The van der Waals surface area contributed by atoms with Crippen LogP contribution in [0.4, 0.5) is 5.69 Å². The first-order valence-corrected chi connectivity index (χ1v) is 6.52. The van der Waals surface area contributed by atoms with Crippen molar-refractivity contribution in [1.82, 2.24) is 0 Å². The van der Waals surface area contributed by atoms with E-state index in [2.05, 4.69) is 5.32 Å². The van der Waals surface area contributed by atoms with Gasteiger partial charge in [-0.25, -0.2) is 0 Å². The average molecular weight is 273 g/mol. The zero-order valence-corrected chi connectivity index (χ0v) is 11.5. The van der Waals surface area contributed by atoms with Gasteiger partial charge in [-0.15, -0.1) is 0 Å². The Labute approximate surface area is 119 Å². The molecule has 0 fully saturated rings. The number of methoxy groups -OCH3 is 1. The van der Waals surface area contributed by atoms with E-state index >= 15 is 0 Å². The molecular formula is C16H19NO3. The van der Waals surface area contributed by atoms with Crippen molar-refractivity contribution < 1.29 is 14.6 Å². The SMILES string of the molecule is COc1ccccc1NCC(O)COc1ccccc1. The largest absolute Gasteiger partial charge is 0.495 e. The van der Waals surface area contributed by atoms with Crippen LogP contribution in [0.25, 0.3) is 0 Å². The lowest BCUT2D eigenvalue weighted by molar-refractivity contribution is 0.117. The molecule has 1 atom stereocenters. The van der Waals surface area contributed by atoms with E-state index in [9.17, 15) is 5.11 Å². The number of anilines is 1. The second-order valence-corrected chi connectivity index (χ2v) is 4.36. The molecule has 2 aromatic carbocycles. The van der Waals surface area contributed by atoms with E-state index < -0.39 is 6.10 Å². The Morgan fingerprint density at radius 1 is 1.05 bits per heavy atom. The molecule has 0 aliphatic carbocycles. The first kappa shape index (κ1) is 14.2. The van der Waals surface area contributed by atoms with Crippen LogP contribution in [0.5, 0.6) is 11.5 Å². The molecule has 4 nitrogen and oxygen atoms in total. The molecule has 0 aliphatic heterocycles. The van der Waals surface area contributed by atoms with Crippen LogP contribution in [0, 0.1) is 0 Å². The minimum Gasteiger partial charge on any atom is -0.495 e. The lowest BCUT2D eigenvalue weighted by Crippen LogP contribution is -2.26. The van der Waals surface area contributed by atoms with Gasteiger partial charge in [-0.1, -0.05) is 30.3 Å². The number of aliphatic hydroxyl groups excluding tert-OH is 1. The molecule has 0 aromatic heterocycles. The van der Waals surface area contributed by atoms with Gasteiger partial charge in [0, 0.05) is 6.54 Å². The summed E-state index contributed by atoms with van der Waals surface area (Å²) in [6.07, 6.45) is -0.597. The molecule has 0 saturated carbocycles. The summed E-state index contributed by atoms with van der Waals surface area (Å²) < 4.78 is 10.7. The minimum atomic E-state index is -0.597. The quantitative estimate of drug-likeness (QED) is 0.814. The fraction of sp³-hybridized carbons (Fsp3) is 0.250. The Bertz CT molecular complexity index is 516. The van der Waals surface area contributed by atoms with E-state index in [-0.39, 0.29) is 6.61 Å². The molecule has 0 spiro atoms. The lowest BCUT2D eigenvalue weighted by Gasteiger charge is -2.15. The van der Waals surface area contributed by atoms with E-state index in [1.807, 2.05) is 54.6 Å². The Morgan fingerprint density at radius 2 is 1.75 bits per heavy atom. The number of para-hydroxylation sites is 3. The maximum atomic E-state index is 9.91. The molecule has 0 bridgehead atoms. The molecule has 0 amide bonds. The van der Waals surface area contributed by atoms with Crippen molar-refractivity contribution in [3.63, 3.8) is 0 Å². The zero-order valence-electron chi connectivity index (χ0n) is 11.5. The molecular weight excluding hydrogens is 254 g/mol. The maximum Gasteiger partial charge on any atom is 0.141 e. The van der Waals surface area contributed by atoms with Gasteiger partial charge in [-0.2, -0.15) is 0 Å². The van der Waals surface area contributed by atoms with Gasteiger partial charge in [0.2, 0.25) is 0 Å². The van der Waals surface area contributed by atoms with Crippen molar-refractivity contribution in [1.29, 1.82) is 0 Å². The number of hydrogen-bond donors (Lipinski definition) is 2. The summed E-state index contributed by atoms with van der Waals surface area (Å²) in [6.45, 7) is 0.638. The fourth-order valence-electron chi connectivity index (χ4n) is 1.79. The van der Waals surface area contributed by atoms with E-state index in [4.69, 9.17) is 9.47 Å². The highest BCUT2D eigenvalue weighted by atomic mass is 16.5. The van der Waals surface area contributed by atoms with Crippen molar-refractivity contribution in [2.24, 2.45) is 0 Å². The molecule has 0 heterocycles. The second kappa shape index (κ2) is 7.40. The Morgan fingerprint density at radius 3 is 2.50 bits per heavy atom. The first-order chi connectivity index (χ1) is 9.79. The Hall–Kier alpha value is -2.20. The topological polar surface area (TPSA) is 50.7 Å². The number of benzene rings is 2. The first-order valence-electron chi connectivity index (χ1n) is 6.52. The van der Waals surface area contributed by atoms with Crippen molar-refractivity contribution in [3.8, 4) is 11.5 Å². The zero-order chi connectivity index (χ0) is 14.2. The van der Waals surface area contributed by atoms with Crippen LogP contribution in [-0.2, 0) is 0 Å². The highest BCUT2D eigenvalue weighted by Gasteiger charge is 2.07. The lowest BCUT2D eigenvalue weighted by atomic mass is 10.2. The number of nitrogens with one attached hydrogen (secondary N) is 1. The van der Waals surface area contributed by atoms with Crippen molar-refractivity contribution >= 4 is 5.69 Å². The van der Waals surface area contributed by atoms with Crippen LogP contribution in [0.3, 0.4) is 0 Å². The molecule has 0 radical (unpaired) electrons. The second-order valence-electron chi connectivity index (χ2n) is 4.36. The van der Waals surface area contributed by atoms with Crippen LogP contribution in [0.2, 0.25) is 0 Å². The summed E-state index contributed by atoms with van der Waals surface area (Å²) in [5, 5.41) is 13.1. The molecule has 20 heavy (non-hydrogen) atoms. The standard InChI is InChI=1S/C16H19NO3/c1-19-16-10-6-5-9-15(16)17-11-13(18)12-20-14-7-3-2-4-8-14/h2-10,13,17-18H,11-12H2,1H3. The van der Waals surface area contributed by atoms with Crippen LogP contribution in [0.1, 0.15) is 0 Å². The van der Waals surface area contributed by atoms with Crippen molar-refractivity contribution in [2.45, 2.75) is 6.10 Å². The number of hydrogen-bond acceptors (Lipinski definition) is 4. The third kappa shape index (κ3) is 4.17. The van der Waals surface area contributed by atoms with Gasteiger partial charge in [-0.05, 0) is 24.3 Å². The van der Waals surface area contributed by atoms with Gasteiger partial charge >= 0.3 is 0 Å². The normalized spacial score (nSPS) is 11.7. The van der Waals surface area contributed by atoms with Gasteiger partial charge in [-0.3, -0.25) is 0 Å². The van der Waals surface area contributed by atoms with Crippen molar-refractivity contribution in [3.05, 3.63) is 54.6 Å². The van der Waals surface area contributed by atoms with Crippen LogP contribution in [0.15, 0.2) is 54.6 Å². The van der Waals surface area contributed by atoms with Gasteiger partial charge in [0.25, 0.3) is 0 Å². The van der Waals surface area contributed by atoms with E-state index in [0.29, 0.717) is 6.54 Å². The third-order valence-corrected chi connectivity index (χ3v) is 2.82. The van der Waals surface area contributed by atoms with Crippen LogP contribution in [-0.4, -0.2) is 31.5 Å². The van der Waals surface area contributed by atoms with Crippen molar-refractivity contribution in [2.75, 3.05) is 25.6 Å². The molecule has 106 valence electrons. The Balaban J connectivity index is 1.79. The molecule has 0 saturated heterocycles. The summed E-state index contributed by atoms with van der Waals surface area (Å²) in [5.41, 5.74) is 0.855. The fourth-order valence-corrected chi connectivity index (χ4v) is 1.79. The maximum absolute atomic E-state index is 9.91. The highest BCUT2D eigenvalue weighted by Crippen LogP contribution is 2.22. The van der Waals surface area contributed by atoms with Crippen LogP contribution >= 0.6 is 0 Å². The smallest absolute Gasteiger partial charge is 0.141 e. The molecule has 0 aliphatic rings. The number of ether oxygens (including phenoxy) is 2. The monoisotopic (exact) mass is 273 g/mol. The Kier molecular flexibility index (Phi) is 5.26. The summed E-state index contributed by atoms with van der Waals surface area (Å²) in [4.78, 5) is 0. The van der Waals surface area contributed by atoms with Gasteiger partial charge in [0.1, 0.15) is 24.2 Å². The van der Waals surface area contributed by atoms with E-state index in [1.165, 1.54) is 0 Å². The van der Waals surface area contributed by atoms with E-state index in [1.54, 1.807) is 7.11 Å². The number of rotatable bonds is 7.